The third kappa shape index (κ3) is 8.76. The predicted molar refractivity (Wildman–Crippen MR) is 378 cm³/mol. The normalized spacial score (nSPS) is 13.8. The van der Waals surface area contributed by atoms with E-state index in [-0.39, 0.29) is 0 Å². The van der Waals surface area contributed by atoms with Crippen LogP contribution in [0.25, 0.3) is 0 Å². The Bertz CT molecular complexity index is 4880. The lowest BCUT2D eigenvalue weighted by molar-refractivity contribution is 1.12. The summed E-state index contributed by atoms with van der Waals surface area (Å²) >= 11 is 0. The number of allylic oxidation sites excluding steroid dienone is 4. The molecule has 0 unspecified atom stereocenters. The van der Waals surface area contributed by atoms with E-state index in [1.54, 1.807) is 0 Å². The maximum Gasteiger partial charge on any atom is 0.252 e. The molecule has 0 atom stereocenters. The van der Waals surface area contributed by atoms with Crippen LogP contribution in [0.1, 0.15) is 18.1 Å². The highest BCUT2D eigenvalue weighted by Gasteiger charge is 2.50. The molecule has 0 bridgehead atoms. The van der Waals surface area contributed by atoms with E-state index in [1.165, 1.54) is 0 Å². The minimum atomic E-state index is -0.440. The smallest absolute Gasteiger partial charge is 0.252 e. The third-order valence-electron chi connectivity index (χ3n) is 18.2. The number of hydrogen-bond acceptors (Lipinski definition) is 8. The Balaban J connectivity index is 1.03. The van der Waals surface area contributed by atoms with Crippen molar-refractivity contribution in [3.05, 3.63) is 349 Å². The zero-order chi connectivity index (χ0) is 61.1. The molecule has 0 radical (unpaired) electrons. The molecule has 0 spiro atoms. The maximum atomic E-state index is 12.2. The van der Waals surface area contributed by atoms with Crippen LogP contribution < -0.4 is 51.3 Å². The number of nitrogens with zero attached hydrogens (tertiary/aromatic N) is 8. The largest absolute Gasteiger partial charge is 0.314 e. The summed E-state index contributed by atoms with van der Waals surface area (Å²) in [5, 5.41) is 24.5. The number of fused-ring (bicyclic) bond motifs is 4. The molecule has 426 valence electrons. The van der Waals surface area contributed by atoms with E-state index in [0.29, 0.717) is 11.1 Å². The van der Waals surface area contributed by atoms with Gasteiger partial charge in [0.25, 0.3) is 13.4 Å². The van der Waals surface area contributed by atoms with Gasteiger partial charge in [-0.15, -0.1) is 0 Å². The first-order chi connectivity index (χ1) is 45.0. The zero-order valence-corrected chi connectivity index (χ0v) is 49.9. The molecule has 0 N–H and O–H groups in total. The Morgan fingerprint density at radius 1 is 0.363 bits per heavy atom. The summed E-state index contributed by atoms with van der Waals surface area (Å²) in [6, 6.07) is 111. The van der Waals surface area contributed by atoms with Crippen molar-refractivity contribution in [3.8, 4) is 12.1 Å². The average Bonchev–Trinajstić information content (AvgIpc) is 0.733. The van der Waals surface area contributed by atoms with Gasteiger partial charge in [-0.25, -0.2) is 0 Å². The fourth-order valence-corrected chi connectivity index (χ4v) is 14.5. The lowest BCUT2D eigenvalue weighted by Gasteiger charge is -2.47. The van der Waals surface area contributed by atoms with Gasteiger partial charge in [0.05, 0.1) is 33.9 Å². The number of hydrogen-bond donors (Lipinski definition) is 0. The molecule has 4 aliphatic heterocycles. The molecular formula is C81H56B2N8. The molecule has 0 fully saturated rings. The van der Waals surface area contributed by atoms with Crippen molar-refractivity contribution in [1.29, 1.82) is 10.5 Å². The van der Waals surface area contributed by atoms with Gasteiger partial charge in [-0.05, 0) is 161 Å². The lowest BCUT2D eigenvalue weighted by Crippen LogP contribution is -2.58. The van der Waals surface area contributed by atoms with Gasteiger partial charge >= 0.3 is 0 Å². The monoisotopic (exact) mass is 1160 g/mol. The van der Waals surface area contributed by atoms with Crippen LogP contribution in [-0.4, -0.2) is 13.4 Å². The highest BCUT2D eigenvalue weighted by atomic mass is 15.2. The average molecular weight is 1160 g/mol. The first kappa shape index (κ1) is 54.2. The van der Waals surface area contributed by atoms with Crippen molar-refractivity contribution in [3.63, 3.8) is 0 Å². The van der Waals surface area contributed by atoms with Gasteiger partial charge in [0.1, 0.15) is 12.1 Å². The predicted octanol–water partition coefficient (Wildman–Crippen LogP) is 18.0. The van der Waals surface area contributed by atoms with E-state index in [4.69, 9.17) is 6.58 Å². The van der Waals surface area contributed by atoms with E-state index >= 15 is 0 Å². The van der Waals surface area contributed by atoms with Crippen LogP contribution in [0.15, 0.2) is 338 Å². The summed E-state index contributed by atoms with van der Waals surface area (Å²) in [7, 11) is 0. The topological polar surface area (TPSA) is 67.0 Å². The number of benzene rings is 12. The van der Waals surface area contributed by atoms with Crippen molar-refractivity contribution in [2.24, 2.45) is 0 Å². The number of rotatable bonds is 11. The zero-order valence-electron chi connectivity index (χ0n) is 49.9. The van der Waals surface area contributed by atoms with Crippen LogP contribution in [0.3, 0.4) is 0 Å². The van der Waals surface area contributed by atoms with Crippen LogP contribution in [0.5, 0.6) is 0 Å². The highest BCUT2D eigenvalue weighted by molar-refractivity contribution is 6.98. The molecule has 16 rings (SSSR count). The van der Waals surface area contributed by atoms with Crippen LogP contribution in [0.2, 0.25) is 0 Å². The fourth-order valence-electron chi connectivity index (χ4n) is 14.5. The molecule has 12 aromatic carbocycles. The summed E-state index contributed by atoms with van der Waals surface area (Å²) in [5.41, 5.74) is 23.4. The number of anilines is 16. The summed E-state index contributed by atoms with van der Waals surface area (Å²) in [6.45, 7) is 6.63. The number of nitriles is 2. The van der Waals surface area contributed by atoms with E-state index in [1.807, 2.05) is 60.7 Å². The Labute approximate surface area is 531 Å². The van der Waals surface area contributed by atoms with Gasteiger partial charge < -0.3 is 29.4 Å². The summed E-state index contributed by atoms with van der Waals surface area (Å²) in [6.07, 6.45) is 2.43. The quantitative estimate of drug-likeness (QED) is 0.119. The Morgan fingerprint density at radius 2 is 0.670 bits per heavy atom. The molecule has 4 heterocycles. The molecule has 0 saturated carbocycles. The molecular weight excluding hydrogens is 1110 g/mol. The Morgan fingerprint density at radius 3 is 1.05 bits per heavy atom. The third-order valence-corrected chi connectivity index (χ3v) is 18.2. The van der Waals surface area contributed by atoms with Crippen molar-refractivity contribution in [2.75, 3.05) is 29.4 Å². The van der Waals surface area contributed by atoms with Gasteiger partial charge in [-0.3, -0.25) is 0 Å². The van der Waals surface area contributed by atoms with E-state index in [2.05, 4.69) is 297 Å². The van der Waals surface area contributed by atoms with Crippen LogP contribution in [0, 0.1) is 22.7 Å². The summed E-state index contributed by atoms with van der Waals surface area (Å²) < 4.78 is 0. The molecule has 0 aromatic heterocycles. The van der Waals surface area contributed by atoms with Gasteiger partial charge in [0, 0.05) is 79.6 Å². The van der Waals surface area contributed by atoms with Crippen molar-refractivity contribution in [2.45, 2.75) is 6.92 Å². The van der Waals surface area contributed by atoms with Crippen LogP contribution >= 0.6 is 0 Å². The van der Waals surface area contributed by atoms with Crippen molar-refractivity contribution >= 4 is 126 Å². The SMILES string of the molecule is C=C1/C(=C\C2=C(C)N(c3ccccc3)c3c(C#N)c(N(c4ccccc4)c4ccccc4)cc4c3B2c2ccccc2N4c2ccccc2)B2c3ccccc3N(c3ccccc3)c3cc(N(c4ccccc4)c4ccccc4)c(C#N)c(c32)N1c1ccccc1. The van der Waals surface area contributed by atoms with Gasteiger partial charge in [-0.2, -0.15) is 10.5 Å². The Hall–Kier alpha value is -12.2. The van der Waals surface area contributed by atoms with E-state index < -0.39 is 13.4 Å². The minimum absolute atomic E-state index is 0.405. The molecule has 0 amide bonds. The highest BCUT2D eigenvalue weighted by Crippen LogP contribution is 2.54. The standard InChI is InChI=1S/C81H56B2N8/c1-56-70(82-68-47-27-29-49-72(68)90(64-43-23-9-24-44-64)76-52-74(88(60-35-15-5-16-36-60)61-37-17-6-18-38-61)66(54-84)80(78(76)82)86(56)58-31-11-3-12-32-58)51-71-57(2)87(59-33-13-4-14-34-59)81-67(55-85)75(89(62-39-19-7-20-40-62)63-41-21-8-22-42-63)53-77-79(81)83(71)69-48-28-30-50-73(69)91(77)65-45-25-10-26-46-65/h3-53H,1H2,2H3/b70-51+. The number of para-hydroxylation sites is 10. The second-order valence-electron chi connectivity index (χ2n) is 23.1. The first-order valence-electron chi connectivity index (χ1n) is 30.7. The molecule has 4 aliphatic rings. The second-order valence-corrected chi connectivity index (χ2v) is 23.1. The maximum absolute atomic E-state index is 12.2. The second kappa shape index (κ2) is 22.5. The van der Waals surface area contributed by atoms with Crippen LogP contribution in [0.4, 0.5) is 91.0 Å². The molecule has 10 heteroatoms. The fraction of sp³-hybridized carbons (Fsp3) is 0.0123. The van der Waals surface area contributed by atoms with Crippen molar-refractivity contribution < 1.29 is 0 Å². The summed E-state index contributed by atoms with van der Waals surface area (Å²) in [5.74, 6) is 0. The molecule has 8 nitrogen and oxygen atoms in total. The van der Waals surface area contributed by atoms with Crippen molar-refractivity contribution in [1.82, 2.24) is 0 Å². The first-order valence-corrected chi connectivity index (χ1v) is 30.7. The molecule has 0 saturated heterocycles. The van der Waals surface area contributed by atoms with Gasteiger partial charge in [0.2, 0.25) is 0 Å². The molecule has 91 heavy (non-hydrogen) atoms. The molecule has 12 aromatic rings. The lowest BCUT2D eigenvalue weighted by atomic mass is 9.29. The molecule has 0 aliphatic carbocycles. The van der Waals surface area contributed by atoms with E-state index in [0.717, 1.165) is 135 Å². The summed E-state index contributed by atoms with van der Waals surface area (Å²) in [4.78, 5) is 13.8. The van der Waals surface area contributed by atoms with E-state index in [9.17, 15) is 10.5 Å². The van der Waals surface area contributed by atoms with Gasteiger partial charge in [0.15, 0.2) is 0 Å². The van der Waals surface area contributed by atoms with Crippen LogP contribution in [-0.2, 0) is 0 Å². The van der Waals surface area contributed by atoms with Gasteiger partial charge in [-0.1, -0.05) is 195 Å². The Kier molecular flexibility index (Phi) is 13.4. The minimum Gasteiger partial charge on any atom is -0.314 e.